The number of amides is 2. The molecule has 2 aromatic rings. The third-order valence-electron chi connectivity index (χ3n) is 3.68. The quantitative estimate of drug-likeness (QED) is 0.364. The molecule has 0 aliphatic carbocycles. The Morgan fingerprint density at radius 1 is 0.969 bits per heavy atom. The Bertz CT molecular complexity index is 973. The second-order valence-corrected chi connectivity index (χ2v) is 6.04. The predicted octanol–water partition coefficient (Wildman–Crippen LogP) is 4.31. The van der Waals surface area contributed by atoms with Gasteiger partial charge < -0.3 is 20.2 Å². The summed E-state index contributed by atoms with van der Waals surface area (Å²) in [5.41, 5.74) is -3.59. The van der Waals surface area contributed by atoms with Crippen LogP contribution in [0.5, 0.6) is 5.75 Å². The summed E-state index contributed by atoms with van der Waals surface area (Å²) in [6.45, 7) is -0.879. The molecule has 0 aromatic heterocycles. The topological polar surface area (TPSA) is 89.0 Å². The fourth-order valence-corrected chi connectivity index (χ4v) is 2.32. The van der Waals surface area contributed by atoms with Crippen LogP contribution in [0.25, 0.3) is 0 Å². The van der Waals surface area contributed by atoms with Gasteiger partial charge in [-0.1, -0.05) is 17.3 Å². The number of alkyl halides is 6. The van der Waals surface area contributed by atoms with Gasteiger partial charge in [-0.3, -0.25) is 9.59 Å². The van der Waals surface area contributed by atoms with Crippen molar-refractivity contribution in [2.75, 3.05) is 24.4 Å². The van der Waals surface area contributed by atoms with Crippen molar-refractivity contribution in [3.8, 4) is 5.75 Å². The molecule has 0 fully saturated rings. The Kier molecular flexibility index (Phi) is 7.67. The summed E-state index contributed by atoms with van der Waals surface area (Å²) >= 11 is 0. The van der Waals surface area contributed by atoms with Crippen LogP contribution in [-0.4, -0.2) is 31.7 Å². The molecular weight excluding hydrogens is 448 g/mol. The Labute approximate surface area is 177 Å². The number of anilines is 2. The Morgan fingerprint density at radius 2 is 1.56 bits per heavy atom. The molecule has 2 aromatic carbocycles. The first kappa shape index (κ1) is 24.5. The molecule has 7 nitrogen and oxygen atoms in total. The number of ether oxygens (including phenoxy) is 1. The SMILES string of the molecule is COc1ccccc1NC(=O)/C=N/OCC(=O)Nc1cc(C(F)(F)F)cc(C(F)(F)F)c1. The van der Waals surface area contributed by atoms with Crippen molar-refractivity contribution in [3.05, 3.63) is 53.6 Å². The Hall–Kier alpha value is -3.77. The lowest BCUT2D eigenvalue weighted by atomic mass is 10.1. The molecule has 32 heavy (non-hydrogen) atoms. The van der Waals surface area contributed by atoms with E-state index in [0.29, 0.717) is 29.8 Å². The molecule has 13 heteroatoms. The van der Waals surface area contributed by atoms with Crippen LogP contribution in [0.4, 0.5) is 37.7 Å². The number of methoxy groups -OCH3 is 1. The van der Waals surface area contributed by atoms with Crippen LogP contribution in [0.2, 0.25) is 0 Å². The molecule has 0 bridgehead atoms. The maximum Gasteiger partial charge on any atom is 0.416 e. The standard InChI is InChI=1S/C19H15F6N3O4/c1-31-15-5-3-2-4-14(15)28-16(29)9-26-32-10-17(30)27-13-7-11(18(20,21)22)6-12(8-13)19(23,24)25/h2-9H,10H2,1H3,(H,27,30)(H,28,29)/b26-9+. The highest BCUT2D eigenvalue weighted by Gasteiger charge is 2.37. The van der Waals surface area contributed by atoms with Crippen molar-refractivity contribution in [2.24, 2.45) is 5.16 Å². The molecule has 0 atom stereocenters. The summed E-state index contributed by atoms with van der Waals surface area (Å²) < 4.78 is 82.0. The zero-order chi connectivity index (χ0) is 23.9. The molecule has 2 amide bonds. The van der Waals surface area contributed by atoms with Gasteiger partial charge in [0.1, 0.15) is 12.0 Å². The van der Waals surface area contributed by atoms with Crippen molar-refractivity contribution in [1.82, 2.24) is 0 Å². The van der Waals surface area contributed by atoms with Gasteiger partial charge in [0.25, 0.3) is 11.8 Å². The number of hydrogen-bond donors (Lipinski definition) is 2. The van der Waals surface area contributed by atoms with E-state index in [-0.39, 0.29) is 6.07 Å². The van der Waals surface area contributed by atoms with Gasteiger partial charge in [0.05, 0.1) is 23.9 Å². The zero-order valence-electron chi connectivity index (χ0n) is 16.2. The first-order chi connectivity index (χ1) is 14.9. The highest BCUT2D eigenvalue weighted by Crippen LogP contribution is 2.37. The summed E-state index contributed by atoms with van der Waals surface area (Å²) in [5, 5.41) is 7.50. The molecule has 0 heterocycles. The molecule has 0 radical (unpaired) electrons. The number of nitrogens with zero attached hydrogens (tertiary/aromatic N) is 1. The molecule has 0 aliphatic rings. The van der Waals surface area contributed by atoms with Crippen molar-refractivity contribution >= 4 is 29.4 Å². The number of halogens is 6. The predicted molar refractivity (Wildman–Crippen MR) is 101 cm³/mol. The number of benzene rings is 2. The lowest BCUT2D eigenvalue weighted by molar-refractivity contribution is -0.143. The zero-order valence-corrected chi connectivity index (χ0v) is 16.2. The maximum atomic E-state index is 12.8. The number of carbonyl (C=O) groups excluding carboxylic acids is 2. The van der Waals surface area contributed by atoms with Crippen molar-refractivity contribution in [3.63, 3.8) is 0 Å². The van der Waals surface area contributed by atoms with E-state index < -0.39 is 47.6 Å². The summed E-state index contributed by atoms with van der Waals surface area (Å²) in [6, 6.07) is 7.06. The number of carbonyl (C=O) groups is 2. The van der Waals surface area contributed by atoms with Crippen molar-refractivity contribution in [1.29, 1.82) is 0 Å². The van der Waals surface area contributed by atoms with Crippen LogP contribution in [0.3, 0.4) is 0 Å². The van der Waals surface area contributed by atoms with Gasteiger partial charge in [0.2, 0.25) is 0 Å². The normalized spacial score (nSPS) is 11.8. The van der Waals surface area contributed by atoms with Gasteiger partial charge >= 0.3 is 12.4 Å². The minimum absolute atomic E-state index is 0.0726. The van der Waals surface area contributed by atoms with E-state index in [0.717, 1.165) is 0 Å². The third-order valence-corrected chi connectivity index (χ3v) is 3.68. The summed E-state index contributed by atoms with van der Waals surface area (Å²) in [5.74, 6) is -1.48. The van der Waals surface area contributed by atoms with Crippen LogP contribution in [-0.2, 0) is 26.8 Å². The highest BCUT2D eigenvalue weighted by atomic mass is 19.4. The van der Waals surface area contributed by atoms with Gasteiger partial charge in [-0.2, -0.15) is 26.3 Å². The van der Waals surface area contributed by atoms with E-state index in [4.69, 9.17) is 4.74 Å². The second kappa shape index (κ2) is 10.0. The monoisotopic (exact) mass is 463 g/mol. The van der Waals surface area contributed by atoms with E-state index in [9.17, 15) is 35.9 Å². The molecule has 2 N–H and O–H groups in total. The molecular formula is C19H15F6N3O4. The van der Waals surface area contributed by atoms with Crippen LogP contribution in [0.15, 0.2) is 47.6 Å². The van der Waals surface area contributed by atoms with E-state index in [1.165, 1.54) is 7.11 Å². The third kappa shape index (κ3) is 7.18. The Morgan fingerprint density at radius 3 is 2.12 bits per heavy atom. The fraction of sp³-hybridized carbons (Fsp3) is 0.211. The van der Waals surface area contributed by atoms with Crippen LogP contribution in [0, 0.1) is 0 Å². The van der Waals surface area contributed by atoms with Crippen molar-refractivity contribution in [2.45, 2.75) is 12.4 Å². The summed E-state index contributed by atoms with van der Waals surface area (Å²) in [6.07, 6.45) is -9.45. The first-order valence-corrected chi connectivity index (χ1v) is 8.59. The van der Waals surface area contributed by atoms with E-state index in [2.05, 4.69) is 15.3 Å². The minimum atomic E-state index is -5.06. The van der Waals surface area contributed by atoms with Gasteiger partial charge in [-0.15, -0.1) is 0 Å². The number of hydrogen-bond acceptors (Lipinski definition) is 5. The maximum absolute atomic E-state index is 12.8. The van der Waals surface area contributed by atoms with Gasteiger partial charge in [-0.05, 0) is 30.3 Å². The number of oxime groups is 1. The molecule has 0 spiro atoms. The van der Waals surface area contributed by atoms with Crippen LogP contribution in [0.1, 0.15) is 11.1 Å². The largest absolute Gasteiger partial charge is 0.495 e. The number of para-hydroxylation sites is 2. The smallest absolute Gasteiger partial charge is 0.416 e. The molecule has 172 valence electrons. The lowest BCUT2D eigenvalue weighted by Crippen LogP contribution is -2.19. The average Bonchev–Trinajstić information content (AvgIpc) is 2.70. The van der Waals surface area contributed by atoms with Gasteiger partial charge in [-0.25, -0.2) is 0 Å². The summed E-state index contributed by atoms with van der Waals surface area (Å²) in [7, 11) is 1.39. The lowest BCUT2D eigenvalue weighted by Gasteiger charge is -2.14. The second-order valence-electron chi connectivity index (χ2n) is 6.04. The first-order valence-electron chi connectivity index (χ1n) is 8.59. The Balaban J connectivity index is 1.96. The summed E-state index contributed by atoms with van der Waals surface area (Å²) in [4.78, 5) is 28.1. The highest BCUT2D eigenvalue weighted by molar-refractivity contribution is 6.31. The molecule has 2 rings (SSSR count). The molecule has 0 aliphatic heterocycles. The van der Waals surface area contributed by atoms with Crippen LogP contribution < -0.4 is 15.4 Å². The van der Waals surface area contributed by atoms with E-state index >= 15 is 0 Å². The van der Waals surface area contributed by atoms with E-state index in [1.54, 1.807) is 24.3 Å². The number of nitrogens with one attached hydrogen (secondary N) is 2. The van der Waals surface area contributed by atoms with Gasteiger partial charge in [0, 0.05) is 5.69 Å². The molecule has 0 saturated carbocycles. The minimum Gasteiger partial charge on any atom is -0.495 e. The number of rotatable bonds is 7. The van der Waals surface area contributed by atoms with Gasteiger partial charge in [0.15, 0.2) is 6.61 Å². The molecule has 0 unspecified atom stereocenters. The van der Waals surface area contributed by atoms with E-state index in [1.807, 2.05) is 5.32 Å². The average molecular weight is 463 g/mol. The fourth-order valence-electron chi connectivity index (χ4n) is 2.32. The van der Waals surface area contributed by atoms with Crippen LogP contribution >= 0.6 is 0 Å². The van der Waals surface area contributed by atoms with Crippen molar-refractivity contribution < 1.29 is 45.5 Å². The molecule has 0 saturated heterocycles.